The van der Waals surface area contributed by atoms with E-state index in [-0.39, 0.29) is 0 Å². The van der Waals surface area contributed by atoms with Crippen molar-refractivity contribution in [3.63, 3.8) is 0 Å². The van der Waals surface area contributed by atoms with Gasteiger partial charge in [-0.05, 0) is 35.6 Å². The molecule has 0 aliphatic rings. The second-order valence-electron chi connectivity index (χ2n) is 9.80. The minimum atomic E-state index is 0.969. The molecule has 2 nitrogen and oxygen atoms in total. The van der Waals surface area contributed by atoms with Crippen LogP contribution in [0.3, 0.4) is 0 Å². The fourth-order valence-corrected chi connectivity index (χ4v) is 5.63. The van der Waals surface area contributed by atoms with Crippen molar-refractivity contribution in [2.45, 2.75) is 26.7 Å². The van der Waals surface area contributed by atoms with Gasteiger partial charge in [0.25, 0.3) is 6.33 Å². The van der Waals surface area contributed by atoms with Gasteiger partial charge in [-0.15, -0.1) is 0 Å². The standard InChI is InChI=1S/C37H33N2/c1-3-28-23-16-24-29(4-2)35(28)39-27-38(34-26-15-14-25-33(34)30-17-8-5-9-18-30)36(31-19-10-6-11-20-31)37(39)32-21-12-7-13-22-32/h5-27H,3-4H2,1-2H3/q+1. The number of para-hydroxylation sites is 2. The molecule has 0 radical (unpaired) electrons. The normalized spacial score (nSPS) is 11.0. The molecule has 0 spiro atoms. The van der Waals surface area contributed by atoms with Crippen LogP contribution in [0.2, 0.25) is 0 Å². The average Bonchev–Trinajstić information content (AvgIpc) is 3.42. The lowest BCUT2D eigenvalue weighted by atomic mass is 10.00. The third-order valence-corrected chi connectivity index (χ3v) is 7.49. The predicted octanol–water partition coefficient (Wildman–Crippen LogP) is 8.88. The first-order valence-electron chi connectivity index (χ1n) is 13.8. The molecular weight excluding hydrogens is 472 g/mol. The van der Waals surface area contributed by atoms with E-state index in [4.69, 9.17) is 0 Å². The van der Waals surface area contributed by atoms with E-state index in [1.54, 1.807) is 0 Å². The largest absolute Gasteiger partial charge is 0.255 e. The molecule has 6 rings (SSSR count). The van der Waals surface area contributed by atoms with Crippen LogP contribution in [-0.2, 0) is 12.8 Å². The van der Waals surface area contributed by atoms with Crippen LogP contribution in [-0.4, -0.2) is 4.57 Å². The molecule has 0 N–H and O–H groups in total. The topological polar surface area (TPSA) is 8.81 Å². The summed E-state index contributed by atoms with van der Waals surface area (Å²) in [5.41, 5.74) is 12.3. The van der Waals surface area contributed by atoms with Gasteiger partial charge >= 0.3 is 0 Å². The highest BCUT2D eigenvalue weighted by atomic mass is 15.2. The molecule has 0 saturated heterocycles. The maximum absolute atomic E-state index is 2.44. The van der Waals surface area contributed by atoms with Crippen LogP contribution in [0.4, 0.5) is 0 Å². The van der Waals surface area contributed by atoms with Gasteiger partial charge in [-0.25, -0.2) is 0 Å². The lowest BCUT2D eigenvalue weighted by molar-refractivity contribution is -0.584. The van der Waals surface area contributed by atoms with Crippen LogP contribution >= 0.6 is 0 Å². The molecule has 0 amide bonds. The van der Waals surface area contributed by atoms with Gasteiger partial charge in [0, 0.05) is 16.7 Å². The summed E-state index contributed by atoms with van der Waals surface area (Å²) in [5.74, 6) is 0. The first-order valence-corrected chi connectivity index (χ1v) is 13.8. The number of aromatic nitrogens is 2. The van der Waals surface area contributed by atoms with Crippen LogP contribution in [0.5, 0.6) is 0 Å². The SMILES string of the molecule is CCc1cccc(CC)c1-[n+]1cn(-c2ccccc2-c2ccccc2)c(-c2ccccc2)c1-c1ccccc1. The summed E-state index contributed by atoms with van der Waals surface area (Å²) < 4.78 is 4.84. The summed E-state index contributed by atoms with van der Waals surface area (Å²) >= 11 is 0. The highest BCUT2D eigenvalue weighted by Gasteiger charge is 2.31. The lowest BCUT2D eigenvalue weighted by Gasteiger charge is -2.12. The number of imidazole rings is 1. The van der Waals surface area contributed by atoms with Gasteiger partial charge in [-0.2, -0.15) is 9.13 Å². The van der Waals surface area contributed by atoms with E-state index in [2.05, 4.69) is 163 Å². The van der Waals surface area contributed by atoms with Gasteiger partial charge in [0.05, 0.1) is 0 Å². The Labute approximate surface area is 231 Å². The third kappa shape index (κ3) is 4.59. The van der Waals surface area contributed by atoms with Gasteiger partial charge in [-0.3, -0.25) is 0 Å². The fourth-order valence-electron chi connectivity index (χ4n) is 5.63. The maximum Gasteiger partial charge on any atom is 0.255 e. The minimum Gasteiger partial charge on any atom is -0.193 e. The average molecular weight is 506 g/mol. The molecule has 0 atom stereocenters. The van der Waals surface area contributed by atoms with Crippen LogP contribution in [0.25, 0.3) is 45.0 Å². The van der Waals surface area contributed by atoms with E-state index in [1.807, 2.05) is 0 Å². The Morgan fingerprint density at radius 3 is 1.62 bits per heavy atom. The summed E-state index contributed by atoms with van der Waals surface area (Å²) in [7, 11) is 0. The molecule has 0 aliphatic carbocycles. The van der Waals surface area contributed by atoms with Gasteiger partial charge in [0.15, 0.2) is 11.4 Å². The van der Waals surface area contributed by atoms with Crippen LogP contribution in [0.1, 0.15) is 25.0 Å². The molecule has 1 aromatic heterocycles. The predicted molar refractivity (Wildman–Crippen MR) is 162 cm³/mol. The van der Waals surface area contributed by atoms with Crippen molar-refractivity contribution >= 4 is 0 Å². The van der Waals surface area contributed by atoms with E-state index >= 15 is 0 Å². The van der Waals surface area contributed by atoms with Crippen molar-refractivity contribution in [1.29, 1.82) is 0 Å². The summed E-state index contributed by atoms with van der Waals surface area (Å²) in [6, 6.07) is 47.8. The zero-order chi connectivity index (χ0) is 26.6. The van der Waals surface area contributed by atoms with E-state index in [9.17, 15) is 0 Å². The van der Waals surface area contributed by atoms with Gasteiger partial charge in [0.1, 0.15) is 11.4 Å². The minimum absolute atomic E-state index is 0.969. The van der Waals surface area contributed by atoms with Gasteiger partial charge in [-0.1, -0.05) is 141 Å². The summed E-state index contributed by atoms with van der Waals surface area (Å²) in [6.45, 7) is 4.50. The zero-order valence-corrected chi connectivity index (χ0v) is 22.6. The number of hydrogen-bond acceptors (Lipinski definition) is 0. The Morgan fingerprint density at radius 1 is 0.513 bits per heavy atom. The number of aryl methyl sites for hydroxylation is 2. The van der Waals surface area contributed by atoms with Gasteiger partial charge in [0.2, 0.25) is 0 Å². The Kier molecular flexibility index (Phi) is 6.93. The van der Waals surface area contributed by atoms with Crippen molar-refractivity contribution in [2.24, 2.45) is 0 Å². The van der Waals surface area contributed by atoms with Crippen molar-refractivity contribution in [2.75, 3.05) is 0 Å². The second-order valence-corrected chi connectivity index (χ2v) is 9.80. The molecule has 0 saturated carbocycles. The van der Waals surface area contributed by atoms with E-state index in [1.165, 1.54) is 50.5 Å². The first kappa shape index (κ1) is 24.6. The molecule has 0 unspecified atom stereocenters. The van der Waals surface area contributed by atoms with E-state index in [0.717, 1.165) is 18.5 Å². The molecular formula is C37H33N2+. The first-order chi connectivity index (χ1) is 19.3. The summed E-state index contributed by atoms with van der Waals surface area (Å²) in [6.07, 6.45) is 4.24. The van der Waals surface area contributed by atoms with Crippen LogP contribution in [0.15, 0.2) is 140 Å². The molecule has 1 heterocycles. The number of benzene rings is 5. The smallest absolute Gasteiger partial charge is 0.193 e. The molecule has 5 aromatic carbocycles. The summed E-state index contributed by atoms with van der Waals surface area (Å²) in [4.78, 5) is 0. The Balaban J connectivity index is 1.77. The van der Waals surface area contributed by atoms with E-state index < -0.39 is 0 Å². The maximum atomic E-state index is 2.44. The van der Waals surface area contributed by atoms with Crippen molar-refractivity contribution in [3.8, 4) is 45.0 Å². The molecule has 2 heteroatoms. The highest BCUT2D eigenvalue weighted by Crippen LogP contribution is 2.37. The third-order valence-electron chi connectivity index (χ3n) is 7.49. The molecule has 39 heavy (non-hydrogen) atoms. The monoisotopic (exact) mass is 505 g/mol. The quantitative estimate of drug-likeness (QED) is 0.192. The Morgan fingerprint density at radius 2 is 1.03 bits per heavy atom. The van der Waals surface area contributed by atoms with Crippen molar-refractivity contribution in [1.82, 2.24) is 4.57 Å². The van der Waals surface area contributed by atoms with Crippen molar-refractivity contribution in [3.05, 3.63) is 151 Å². The molecule has 6 aromatic rings. The Hall–Kier alpha value is -4.69. The van der Waals surface area contributed by atoms with E-state index in [0.29, 0.717) is 0 Å². The number of rotatable bonds is 7. The number of nitrogens with zero attached hydrogens (tertiary/aromatic N) is 2. The van der Waals surface area contributed by atoms with Crippen LogP contribution < -0.4 is 4.57 Å². The summed E-state index contributed by atoms with van der Waals surface area (Å²) in [5, 5.41) is 0. The molecule has 0 bridgehead atoms. The highest BCUT2D eigenvalue weighted by molar-refractivity contribution is 5.81. The zero-order valence-electron chi connectivity index (χ0n) is 22.6. The number of hydrogen-bond donors (Lipinski definition) is 0. The lowest BCUT2D eigenvalue weighted by Crippen LogP contribution is -2.34. The van der Waals surface area contributed by atoms with Gasteiger partial charge < -0.3 is 0 Å². The fraction of sp³-hybridized carbons (Fsp3) is 0.108. The van der Waals surface area contributed by atoms with Crippen LogP contribution in [0, 0.1) is 0 Å². The second kappa shape index (κ2) is 11.0. The molecule has 0 aliphatic heterocycles. The molecule has 190 valence electrons. The molecule has 0 fully saturated rings. The Bertz CT molecular complexity index is 1680. The van der Waals surface area contributed by atoms with Crippen molar-refractivity contribution < 1.29 is 4.57 Å².